The molecule has 1 amide bonds. The highest BCUT2D eigenvalue weighted by Gasteiger charge is 2.30. The summed E-state index contributed by atoms with van der Waals surface area (Å²) in [6.45, 7) is 3.12. The molecule has 2 aromatic rings. The number of piperidine rings is 1. The molecule has 23 heavy (non-hydrogen) atoms. The van der Waals surface area contributed by atoms with Gasteiger partial charge in [-0.05, 0) is 24.8 Å². The van der Waals surface area contributed by atoms with E-state index in [1.54, 1.807) is 0 Å². The standard InChI is InChI=1S/C13H16N4O3S3/c1-9-3-2-4-17(6-9)23(19,20)10-5-11(21-7-10)12(18)15-13-16-14-8-22-13/h5,7-9H,2-4,6H2,1H3,(H,15,16,18). The predicted molar refractivity (Wildman–Crippen MR) is 89.3 cm³/mol. The zero-order valence-corrected chi connectivity index (χ0v) is 14.9. The molecular weight excluding hydrogens is 356 g/mol. The Hall–Kier alpha value is -1.36. The molecule has 0 aliphatic carbocycles. The van der Waals surface area contributed by atoms with Crippen LogP contribution in [0.4, 0.5) is 5.13 Å². The molecule has 1 fully saturated rings. The van der Waals surface area contributed by atoms with Crippen LogP contribution in [-0.4, -0.2) is 41.9 Å². The number of hydrogen-bond donors (Lipinski definition) is 1. The molecule has 0 radical (unpaired) electrons. The topological polar surface area (TPSA) is 92.3 Å². The van der Waals surface area contributed by atoms with E-state index in [1.165, 1.54) is 32.6 Å². The fraction of sp³-hybridized carbons (Fsp3) is 0.462. The molecule has 3 heterocycles. The summed E-state index contributed by atoms with van der Waals surface area (Å²) in [4.78, 5) is 12.6. The van der Waals surface area contributed by atoms with E-state index < -0.39 is 10.0 Å². The second kappa shape index (κ2) is 6.63. The second-order valence-corrected chi connectivity index (χ2v) is 9.14. The first-order chi connectivity index (χ1) is 11.0. The molecular formula is C13H16N4O3S3. The minimum absolute atomic E-state index is 0.180. The highest BCUT2D eigenvalue weighted by Crippen LogP contribution is 2.27. The average Bonchev–Trinajstić information content (AvgIpc) is 3.18. The lowest BCUT2D eigenvalue weighted by atomic mass is 10.0. The molecule has 2 aromatic heterocycles. The Morgan fingerprint density at radius 3 is 2.96 bits per heavy atom. The molecule has 1 aliphatic heterocycles. The van der Waals surface area contributed by atoms with E-state index in [1.807, 2.05) is 0 Å². The number of rotatable bonds is 4. The Morgan fingerprint density at radius 1 is 1.43 bits per heavy atom. The van der Waals surface area contributed by atoms with Gasteiger partial charge in [0, 0.05) is 18.5 Å². The van der Waals surface area contributed by atoms with Crippen LogP contribution in [0.15, 0.2) is 21.9 Å². The van der Waals surface area contributed by atoms with Crippen molar-refractivity contribution in [2.24, 2.45) is 5.92 Å². The van der Waals surface area contributed by atoms with E-state index >= 15 is 0 Å². The van der Waals surface area contributed by atoms with E-state index in [-0.39, 0.29) is 10.8 Å². The van der Waals surface area contributed by atoms with Gasteiger partial charge in [0.25, 0.3) is 5.91 Å². The van der Waals surface area contributed by atoms with Crippen LogP contribution in [0.5, 0.6) is 0 Å². The molecule has 0 aromatic carbocycles. The number of amides is 1. The van der Waals surface area contributed by atoms with Crippen LogP contribution in [0, 0.1) is 5.92 Å². The summed E-state index contributed by atoms with van der Waals surface area (Å²) < 4.78 is 26.8. The predicted octanol–water partition coefficient (Wildman–Crippen LogP) is 2.27. The van der Waals surface area contributed by atoms with Gasteiger partial charge in [0.15, 0.2) is 0 Å². The summed E-state index contributed by atoms with van der Waals surface area (Å²) in [5.74, 6) is -0.0162. The molecule has 1 N–H and O–H groups in total. The number of sulfonamides is 1. The van der Waals surface area contributed by atoms with Crippen LogP contribution in [-0.2, 0) is 10.0 Å². The van der Waals surface area contributed by atoms with E-state index in [0.29, 0.717) is 29.0 Å². The molecule has 124 valence electrons. The van der Waals surface area contributed by atoms with Crippen molar-refractivity contribution >= 4 is 43.7 Å². The van der Waals surface area contributed by atoms with Gasteiger partial charge >= 0.3 is 0 Å². The fourth-order valence-electron chi connectivity index (χ4n) is 2.47. The number of anilines is 1. The van der Waals surface area contributed by atoms with E-state index in [2.05, 4.69) is 22.4 Å². The monoisotopic (exact) mass is 372 g/mol. The van der Waals surface area contributed by atoms with Crippen LogP contribution in [0.2, 0.25) is 0 Å². The van der Waals surface area contributed by atoms with Gasteiger partial charge in [-0.25, -0.2) is 8.42 Å². The van der Waals surface area contributed by atoms with Crippen molar-refractivity contribution in [1.82, 2.24) is 14.5 Å². The molecule has 10 heteroatoms. The summed E-state index contributed by atoms with van der Waals surface area (Å²) in [6, 6.07) is 1.43. The minimum Gasteiger partial charge on any atom is -0.296 e. The molecule has 1 saturated heterocycles. The number of carbonyl (C=O) groups excluding carboxylic acids is 1. The molecule has 0 saturated carbocycles. The van der Waals surface area contributed by atoms with Crippen molar-refractivity contribution in [2.45, 2.75) is 24.7 Å². The average molecular weight is 372 g/mol. The van der Waals surface area contributed by atoms with Gasteiger partial charge in [0.1, 0.15) is 5.51 Å². The zero-order valence-electron chi connectivity index (χ0n) is 12.4. The third-order valence-corrected chi connectivity index (χ3v) is 7.16. The molecule has 3 rings (SSSR count). The largest absolute Gasteiger partial charge is 0.296 e. The van der Waals surface area contributed by atoms with Gasteiger partial charge in [-0.15, -0.1) is 21.5 Å². The number of nitrogens with one attached hydrogen (secondary N) is 1. The highest BCUT2D eigenvalue weighted by atomic mass is 32.2. The summed E-state index contributed by atoms with van der Waals surface area (Å²) >= 11 is 2.31. The normalized spacial score (nSPS) is 19.6. The summed E-state index contributed by atoms with van der Waals surface area (Å²) in [7, 11) is -3.53. The van der Waals surface area contributed by atoms with Crippen molar-refractivity contribution < 1.29 is 13.2 Å². The first-order valence-electron chi connectivity index (χ1n) is 7.13. The maximum atomic E-state index is 12.7. The van der Waals surface area contributed by atoms with Crippen molar-refractivity contribution in [1.29, 1.82) is 0 Å². The van der Waals surface area contributed by atoms with Gasteiger partial charge in [0.2, 0.25) is 15.2 Å². The highest BCUT2D eigenvalue weighted by molar-refractivity contribution is 7.89. The first kappa shape index (κ1) is 16.5. The number of aromatic nitrogens is 2. The number of nitrogens with zero attached hydrogens (tertiary/aromatic N) is 3. The van der Waals surface area contributed by atoms with E-state index in [9.17, 15) is 13.2 Å². The van der Waals surface area contributed by atoms with Crippen LogP contribution in [0.3, 0.4) is 0 Å². The number of carbonyl (C=O) groups is 1. The molecule has 7 nitrogen and oxygen atoms in total. The van der Waals surface area contributed by atoms with Gasteiger partial charge in [-0.2, -0.15) is 4.31 Å². The fourth-order valence-corrected chi connectivity index (χ4v) is 5.67. The minimum atomic E-state index is -3.53. The quantitative estimate of drug-likeness (QED) is 0.889. The van der Waals surface area contributed by atoms with Gasteiger partial charge in [-0.1, -0.05) is 18.3 Å². The summed E-state index contributed by atoms with van der Waals surface area (Å²) in [6.07, 6.45) is 1.92. The van der Waals surface area contributed by atoms with Crippen LogP contribution < -0.4 is 5.32 Å². The Balaban J connectivity index is 1.76. The maximum Gasteiger partial charge on any atom is 0.267 e. The summed E-state index contributed by atoms with van der Waals surface area (Å²) in [5, 5.41) is 11.9. The molecule has 1 aliphatic rings. The van der Waals surface area contributed by atoms with Crippen molar-refractivity contribution in [2.75, 3.05) is 18.4 Å². The second-order valence-electron chi connectivity index (χ2n) is 5.46. The Kier molecular flexibility index (Phi) is 4.76. The lowest BCUT2D eigenvalue weighted by molar-refractivity contribution is 0.103. The third-order valence-electron chi connectivity index (χ3n) is 3.64. The SMILES string of the molecule is CC1CCCN(S(=O)(=O)c2csc(C(=O)Nc3nncs3)c2)C1. The van der Waals surface area contributed by atoms with Gasteiger partial charge in [0.05, 0.1) is 9.77 Å². The molecule has 1 unspecified atom stereocenters. The van der Waals surface area contributed by atoms with Crippen LogP contribution in [0.1, 0.15) is 29.4 Å². The van der Waals surface area contributed by atoms with Crippen molar-refractivity contribution in [3.8, 4) is 0 Å². The van der Waals surface area contributed by atoms with E-state index in [4.69, 9.17) is 0 Å². The molecule has 0 bridgehead atoms. The van der Waals surface area contributed by atoms with Crippen LogP contribution in [0.25, 0.3) is 0 Å². The number of thiophene rings is 1. The maximum absolute atomic E-state index is 12.7. The smallest absolute Gasteiger partial charge is 0.267 e. The first-order valence-corrected chi connectivity index (χ1v) is 10.3. The Bertz CT molecular complexity index is 785. The molecule has 1 atom stereocenters. The van der Waals surface area contributed by atoms with Crippen molar-refractivity contribution in [3.05, 3.63) is 21.8 Å². The molecule has 0 spiro atoms. The van der Waals surface area contributed by atoms with Crippen molar-refractivity contribution in [3.63, 3.8) is 0 Å². The summed E-state index contributed by atoms with van der Waals surface area (Å²) in [5.41, 5.74) is 1.51. The Labute approximate surface area is 142 Å². The Morgan fingerprint density at radius 2 is 2.26 bits per heavy atom. The zero-order chi connectivity index (χ0) is 16.4. The third kappa shape index (κ3) is 3.60. The number of hydrogen-bond acceptors (Lipinski definition) is 7. The van der Waals surface area contributed by atoms with Gasteiger partial charge < -0.3 is 0 Å². The lowest BCUT2D eigenvalue weighted by Crippen LogP contribution is -2.38. The lowest BCUT2D eigenvalue weighted by Gasteiger charge is -2.29. The van der Waals surface area contributed by atoms with Gasteiger partial charge in [-0.3, -0.25) is 10.1 Å². The van der Waals surface area contributed by atoms with Crippen LogP contribution >= 0.6 is 22.7 Å². The van der Waals surface area contributed by atoms with E-state index in [0.717, 1.165) is 24.2 Å².